The number of hydrogen-bond donors (Lipinski definition) is 2. The molecular formula is C12H20N4OS. The summed E-state index contributed by atoms with van der Waals surface area (Å²) >= 11 is 1.20. The van der Waals surface area contributed by atoms with Gasteiger partial charge in [0, 0.05) is 6.04 Å². The SMILES string of the molecule is CCCc1nnsc1C(=O)NC1CCCNCC1. The summed E-state index contributed by atoms with van der Waals surface area (Å²) in [6, 6.07) is 0.282. The van der Waals surface area contributed by atoms with E-state index in [-0.39, 0.29) is 11.9 Å². The van der Waals surface area contributed by atoms with Gasteiger partial charge in [0.05, 0.1) is 5.69 Å². The molecule has 0 saturated carbocycles. The number of hydrogen-bond acceptors (Lipinski definition) is 5. The molecule has 1 aliphatic heterocycles. The predicted octanol–water partition coefficient (Wildman–Crippen LogP) is 1.36. The van der Waals surface area contributed by atoms with Crippen LogP contribution in [-0.2, 0) is 6.42 Å². The molecular weight excluding hydrogens is 248 g/mol. The van der Waals surface area contributed by atoms with Gasteiger partial charge in [-0.2, -0.15) is 0 Å². The summed E-state index contributed by atoms with van der Waals surface area (Å²) in [6.45, 7) is 4.11. The maximum Gasteiger partial charge on any atom is 0.265 e. The Morgan fingerprint density at radius 2 is 2.39 bits per heavy atom. The number of nitrogens with one attached hydrogen (secondary N) is 2. The molecule has 1 unspecified atom stereocenters. The Morgan fingerprint density at radius 1 is 1.50 bits per heavy atom. The number of aryl methyl sites for hydroxylation is 1. The van der Waals surface area contributed by atoms with Crippen LogP contribution in [0.1, 0.15) is 48.0 Å². The first-order valence-electron chi connectivity index (χ1n) is 6.64. The lowest BCUT2D eigenvalue weighted by molar-refractivity contribution is 0.0937. The Kier molecular flexibility index (Phi) is 5.07. The first-order chi connectivity index (χ1) is 8.81. The summed E-state index contributed by atoms with van der Waals surface area (Å²) in [4.78, 5) is 12.9. The maximum atomic E-state index is 12.2. The number of nitrogens with zero attached hydrogens (tertiary/aromatic N) is 2. The zero-order chi connectivity index (χ0) is 12.8. The standard InChI is InChI=1S/C12H20N4OS/c1-2-4-10-11(18-16-15-10)12(17)14-9-5-3-7-13-8-6-9/h9,13H,2-8H2,1H3,(H,14,17). The van der Waals surface area contributed by atoms with Crippen LogP contribution in [0.3, 0.4) is 0 Å². The molecule has 0 spiro atoms. The third-order valence-electron chi connectivity index (χ3n) is 3.16. The van der Waals surface area contributed by atoms with Gasteiger partial charge in [0.2, 0.25) is 0 Å². The molecule has 1 amide bonds. The Labute approximate surface area is 112 Å². The summed E-state index contributed by atoms with van der Waals surface area (Å²) in [7, 11) is 0. The van der Waals surface area contributed by atoms with Crippen LogP contribution >= 0.6 is 11.5 Å². The Morgan fingerprint density at radius 3 is 3.22 bits per heavy atom. The van der Waals surface area contributed by atoms with Crippen LogP contribution < -0.4 is 10.6 Å². The monoisotopic (exact) mass is 268 g/mol. The summed E-state index contributed by atoms with van der Waals surface area (Å²) in [5.41, 5.74) is 0.840. The molecule has 0 aromatic carbocycles. The van der Waals surface area contributed by atoms with Gasteiger partial charge in [0.25, 0.3) is 5.91 Å². The van der Waals surface area contributed by atoms with Crippen LogP contribution in [0.15, 0.2) is 0 Å². The topological polar surface area (TPSA) is 66.9 Å². The van der Waals surface area contributed by atoms with Gasteiger partial charge in [-0.25, -0.2) is 0 Å². The van der Waals surface area contributed by atoms with Crippen molar-refractivity contribution in [2.75, 3.05) is 13.1 Å². The third kappa shape index (κ3) is 3.49. The lowest BCUT2D eigenvalue weighted by Gasteiger charge is -2.15. The minimum Gasteiger partial charge on any atom is -0.348 e. The first-order valence-corrected chi connectivity index (χ1v) is 7.41. The van der Waals surface area contributed by atoms with E-state index in [4.69, 9.17) is 0 Å². The highest BCUT2D eigenvalue weighted by Crippen LogP contribution is 2.14. The quantitative estimate of drug-likeness (QED) is 0.865. The zero-order valence-corrected chi connectivity index (χ0v) is 11.6. The molecule has 1 aliphatic rings. The molecule has 100 valence electrons. The van der Waals surface area contributed by atoms with Crippen LogP contribution in [-0.4, -0.2) is 34.6 Å². The first kappa shape index (κ1) is 13.4. The smallest absolute Gasteiger partial charge is 0.265 e. The van der Waals surface area contributed by atoms with Crippen molar-refractivity contribution in [1.82, 2.24) is 20.2 Å². The highest BCUT2D eigenvalue weighted by molar-refractivity contribution is 7.08. The van der Waals surface area contributed by atoms with Crippen LogP contribution in [0.4, 0.5) is 0 Å². The van der Waals surface area contributed by atoms with E-state index in [1.807, 2.05) is 0 Å². The fraction of sp³-hybridized carbons (Fsp3) is 0.750. The summed E-state index contributed by atoms with van der Waals surface area (Å²) < 4.78 is 3.89. The average Bonchev–Trinajstić information content (AvgIpc) is 2.67. The highest BCUT2D eigenvalue weighted by atomic mass is 32.1. The molecule has 2 heterocycles. The van der Waals surface area contributed by atoms with Gasteiger partial charge in [0.1, 0.15) is 4.88 Å². The number of carbonyl (C=O) groups is 1. The van der Waals surface area contributed by atoms with E-state index in [0.717, 1.165) is 50.9 Å². The van der Waals surface area contributed by atoms with E-state index in [1.165, 1.54) is 11.5 Å². The van der Waals surface area contributed by atoms with Crippen molar-refractivity contribution < 1.29 is 4.79 Å². The second kappa shape index (κ2) is 6.80. The van der Waals surface area contributed by atoms with E-state index >= 15 is 0 Å². The second-order valence-electron chi connectivity index (χ2n) is 4.65. The average molecular weight is 268 g/mol. The predicted molar refractivity (Wildman–Crippen MR) is 71.9 cm³/mol. The van der Waals surface area contributed by atoms with Crippen molar-refractivity contribution in [3.63, 3.8) is 0 Å². The van der Waals surface area contributed by atoms with Crippen LogP contribution in [0.25, 0.3) is 0 Å². The molecule has 1 saturated heterocycles. The molecule has 0 radical (unpaired) electrons. The van der Waals surface area contributed by atoms with Crippen molar-refractivity contribution in [3.05, 3.63) is 10.6 Å². The van der Waals surface area contributed by atoms with E-state index in [9.17, 15) is 4.79 Å². The number of aromatic nitrogens is 2. The summed E-state index contributed by atoms with van der Waals surface area (Å²) in [5.74, 6) is 0.000324. The maximum absolute atomic E-state index is 12.2. The van der Waals surface area contributed by atoms with Gasteiger partial charge in [-0.15, -0.1) is 5.10 Å². The minimum absolute atomic E-state index is 0.000324. The second-order valence-corrected chi connectivity index (χ2v) is 5.40. The van der Waals surface area contributed by atoms with Crippen molar-refractivity contribution in [2.45, 2.75) is 45.1 Å². The Balaban J connectivity index is 1.95. The van der Waals surface area contributed by atoms with Gasteiger partial charge in [-0.1, -0.05) is 17.8 Å². The van der Waals surface area contributed by atoms with Gasteiger partial charge in [0.15, 0.2) is 0 Å². The zero-order valence-electron chi connectivity index (χ0n) is 10.7. The van der Waals surface area contributed by atoms with Crippen molar-refractivity contribution in [1.29, 1.82) is 0 Å². The van der Waals surface area contributed by atoms with Gasteiger partial charge in [-0.05, 0) is 50.3 Å². The molecule has 18 heavy (non-hydrogen) atoms. The van der Waals surface area contributed by atoms with Crippen LogP contribution in [0.2, 0.25) is 0 Å². The molecule has 1 aromatic heterocycles. The Hall–Kier alpha value is -1.01. The van der Waals surface area contributed by atoms with Gasteiger partial charge in [-0.3, -0.25) is 4.79 Å². The molecule has 0 bridgehead atoms. The molecule has 1 aromatic rings. The fourth-order valence-electron chi connectivity index (χ4n) is 2.20. The Bertz CT molecular complexity index is 385. The lowest BCUT2D eigenvalue weighted by Crippen LogP contribution is -2.35. The fourth-order valence-corrected chi connectivity index (χ4v) is 2.81. The molecule has 2 N–H and O–H groups in total. The van der Waals surface area contributed by atoms with Gasteiger partial charge >= 0.3 is 0 Å². The minimum atomic E-state index is 0.000324. The molecule has 2 rings (SSSR count). The summed E-state index contributed by atoms with van der Waals surface area (Å²) in [5, 5.41) is 10.5. The van der Waals surface area contributed by atoms with E-state index < -0.39 is 0 Å². The van der Waals surface area contributed by atoms with Crippen LogP contribution in [0, 0.1) is 0 Å². The molecule has 1 atom stereocenters. The summed E-state index contributed by atoms with van der Waals surface area (Å²) in [6.07, 6.45) is 4.98. The van der Waals surface area contributed by atoms with E-state index in [0.29, 0.717) is 4.88 Å². The molecule has 5 nitrogen and oxygen atoms in total. The van der Waals surface area contributed by atoms with Crippen molar-refractivity contribution in [2.24, 2.45) is 0 Å². The molecule has 6 heteroatoms. The van der Waals surface area contributed by atoms with E-state index in [2.05, 4.69) is 27.1 Å². The lowest BCUT2D eigenvalue weighted by atomic mass is 10.1. The van der Waals surface area contributed by atoms with Crippen molar-refractivity contribution >= 4 is 17.4 Å². The molecule has 0 aliphatic carbocycles. The third-order valence-corrected chi connectivity index (χ3v) is 3.93. The highest BCUT2D eigenvalue weighted by Gasteiger charge is 2.19. The van der Waals surface area contributed by atoms with Crippen LogP contribution in [0.5, 0.6) is 0 Å². The van der Waals surface area contributed by atoms with E-state index in [1.54, 1.807) is 0 Å². The van der Waals surface area contributed by atoms with Gasteiger partial charge < -0.3 is 10.6 Å². The normalized spacial score (nSPS) is 20.4. The largest absolute Gasteiger partial charge is 0.348 e. The number of carbonyl (C=O) groups excluding carboxylic acids is 1. The van der Waals surface area contributed by atoms with Crippen molar-refractivity contribution in [3.8, 4) is 0 Å². The number of amides is 1. The number of rotatable bonds is 4. The molecule has 1 fully saturated rings.